The van der Waals surface area contributed by atoms with Crippen LogP contribution in [-0.2, 0) is 32.3 Å². The smallest absolute Gasteiger partial charge is 0.243 e. The first-order valence-corrected chi connectivity index (χ1v) is 15.8. The van der Waals surface area contributed by atoms with Crippen LogP contribution < -0.4 is 5.32 Å². The Morgan fingerprint density at radius 1 is 0.949 bits per heavy atom. The Kier molecular flexibility index (Phi) is 9.88. The van der Waals surface area contributed by atoms with E-state index in [1.165, 1.54) is 6.26 Å². The van der Waals surface area contributed by atoms with Crippen molar-refractivity contribution in [1.29, 1.82) is 0 Å². The summed E-state index contributed by atoms with van der Waals surface area (Å²) in [4.78, 5) is 15.7. The van der Waals surface area contributed by atoms with E-state index in [9.17, 15) is 22.0 Å². The minimum Gasteiger partial charge on any atom is -0.771 e. The minimum absolute atomic E-state index is 0.132. The first-order chi connectivity index (χ1) is 18.2. The average Bonchev–Trinajstić information content (AvgIpc) is 2.84. The molecule has 0 saturated heterocycles. The van der Waals surface area contributed by atoms with Gasteiger partial charge in [0, 0.05) is 24.1 Å². The lowest BCUT2D eigenvalue weighted by Gasteiger charge is -2.29. The van der Waals surface area contributed by atoms with Crippen LogP contribution in [-0.4, -0.2) is 48.3 Å². The van der Waals surface area contributed by atoms with Crippen molar-refractivity contribution in [2.45, 2.75) is 56.2 Å². The molecule has 3 aromatic carbocycles. The second kappa shape index (κ2) is 12.6. The van der Waals surface area contributed by atoms with Gasteiger partial charge in [-0.25, -0.2) is 8.42 Å². The number of anilines is 1. The maximum atomic E-state index is 13.5. The van der Waals surface area contributed by atoms with Crippen LogP contribution in [0.15, 0.2) is 65.6 Å². The van der Waals surface area contributed by atoms with Gasteiger partial charge in [0.25, 0.3) is 0 Å². The number of carbonyl (C=O) groups excluding carboxylic acids is 1. The highest BCUT2D eigenvalue weighted by Crippen LogP contribution is 2.40. The molecule has 0 bridgehead atoms. The topological polar surface area (TPSA) is 107 Å². The van der Waals surface area contributed by atoms with E-state index in [0.29, 0.717) is 33.5 Å². The summed E-state index contributed by atoms with van der Waals surface area (Å²) in [5.41, 5.74) is 4.59. The molecule has 3 rings (SSSR count). The number of sulfone groups is 1. The molecular weight excluding hydrogens is 532 g/mol. The van der Waals surface area contributed by atoms with Crippen LogP contribution in [0.2, 0.25) is 0 Å². The van der Waals surface area contributed by atoms with E-state index in [1.807, 2.05) is 71.0 Å². The van der Waals surface area contributed by atoms with Gasteiger partial charge in [0.15, 0.2) is 9.84 Å². The molecule has 2 atom stereocenters. The molecule has 0 aliphatic heterocycles. The van der Waals surface area contributed by atoms with Gasteiger partial charge in [0.2, 0.25) is 5.91 Å². The molecule has 210 valence electrons. The quantitative estimate of drug-likeness (QED) is 0.318. The summed E-state index contributed by atoms with van der Waals surface area (Å²) < 4.78 is 50.4. The summed E-state index contributed by atoms with van der Waals surface area (Å²) >= 11 is -2.76. The van der Waals surface area contributed by atoms with E-state index in [2.05, 4.69) is 5.32 Å². The summed E-state index contributed by atoms with van der Waals surface area (Å²) in [5.74, 6) is -0.907. The fourth-order valence-corrected chi connectivity index (χ4v) is 6.33. The standard InChI is InChI=1S/C30H38N2O5S2/c1-19(2)25-16-22(24-10-8-9-11-27(24)39(7,36)37)17-26(20(3)4)28(25)29(38(34)35)30(33)31-23-14-12-21(13-15-23)18-32(5)6/h8-17,19-20,29H,18H2,1-7H3,(H,31,33)(H,34,35)/p-1. The monoisotopic (exact) mass is 569 g/mol. The Hall–Kier alpha value is -2.85. The highest BCUT2D eigenvalue weighted by molar-refractivity contribution is 7.90. The van der Waals surface area contributed by atoms with Crippen molar-refractivity contribution in [3.05, 3.63) is 82.9 Å². The molecule has 0 spiro atoms. The van der Waals surface area contributed by atoms with Crippen LogP contribution in [0, 0.1) is 0 Å². The van der Waals surface area contributed by atoms with E-state index < -0.39 is 32.1 Å². The first kappa shape index (κ1) is 30.7. The summed E-state index contributed by atoms with van der Waals surface area (Å²) in [6, 6.07) is 17.7. The zero-order chi connectivity index (χ0) is 29.1. The number of hydrogen-bond donors (Lipinski definition) is 1. The van der Waals surface area contributed by atoms with Gasteiger partial charge in [-0.1, -0.05) is 70.2 Å². The van der Waals surface area contributed by atoms with Crippen molar-refractivity contribution in [3.63, 3.8) is 0 Å². The number of rotatable bonds is 10. The van der Waals surface area contributed by atoms with Crippen molar-refractivity contribution in [2.24, 2.45) is 0 Å². The molecule has 7 nitrogen and oxygen atoms in total. The van der Waals surface area contributed by atoms with Crippen molar-refractivity contribution in [3.8, 4) is 11.1 Å². The molecule has 2 unspecified atom stereocenters. The van der Waals surface area contributed by atoms with Gasteiger partial charge in [-0.05, 0) is 83.0 Å². The van der Waals surface area contributed by atoms with Crippen molar-refractivity contribution >= 4 is 32.5 Å². The van der Waals surface area contributed by atoms with Crippen LogP contribution in [0.25, 0.3) is 11.1 Å². The van der Waals surface area contributed by atoms with Gasteiger partial charge in [0.1, 0.15) is 5.25 Å². The average molecular weight is 570 g/mol. The van der Waals surface area contributed by atoms with E-state index in [4.69, 9.17) is 0 Å². The molecule has 0 aliphatic rings. The zero-order valence-electron chi connectivity index (χ0n) is 23.5. The second-order valence-corrected chi connectivity index (χ2v) is 13.7. The maximum Gasteiger partial charge on any atom is 0.243 e. The Labute approximate surface area is 234 Å². The third-order valence-electron chi connectivity index (χ3n) is 6.50. The van der Waals surface area contributed by atoms with Gasteiger partial charge >= 0.3 is 0 Å². The summed E-state index contributed by atoms with van der Waals surface area (Å²) in [7, 11) is 0.420. The largest absolute Gasteiger partial charge is 0.771 e. The molecule has 9 heteroatoms. The lowest BCUT2D eigenvalue weighted by Crippen LogP contribution is -2.27. The molecule has 0 aliphatic carbocycles. The highest BCUT2D eigenvalue weighted by atomic mass is 32.2. The molecule has 0 fully saturated rings. The molecule has 0 saturated carbocycles. The molecule has 0 radical (unpaired) electrons. The molecule has 1 amide bonds. The first-order valence-electron chi connectivity index (χ1n) is 12.8. The van der Waals surface area contributed by atoms with Gasteiger partial charge in [0.05, 0.1) is 4.90 Å². The Balaban J connectivity index is 2.16. The predicted molar refractivity (Wildman–Crippen MR) is 157 cm³/mol. The fraction of sp³-hybridized carbons (Fsp3) is 0.367. The number of nitrogens with one attached hydrogen (secondary N) is 1. The van der Waals surface area contributed by atoms with Gasteiger partial charge < -0.3 is 14.8 Å². The van der Waals surface area contributed by atoms with Crippen molar-refractivity contribution in [2.75, 3.05) is 25.7 Å². The Morgan fingerprint density at radius 2 is 1.49 bits per heavy atom. The van der Waals surface area contributed by atoms with Crippen molar-refractivity contribution in [1.82, 2.24) is 4.90 Å². The number of benzene rings is 3. The zero-order valence-corrected chi connectivity index (χ0v) is 25.2. The van der Waals surface area contributed by atoms with Gasteiger partial charge in [-0.3, -0.25) is 9.00 Å². The molecule has 0 heterocycles. The van der Waals surface area contributed by atoms with Crippen LogP contribution in [0.1, 0.15) is 67.0 Å². The summed E-state index contributed by atoms with van der Waals surface area (Å²) in [6.45, 7) is 8.47. The number of nitrogens with zero attached hydrogens (tertiary/aromatic N) is 1. The normalized spacial score (nSPS) is 13.6. The van der Waals surface area contributed by atoms with Crippen LogP contribution >= 0.6 is 0 Å². The van der Waals surface area contributed by atoms with Gasteiger partial charge in [-0.2, -0.15) is 0 Å². The van der Waals surface area contributed by atoms with E-state index >= 15 is 0 Å². The third kappa shape index (κ3) is 7.42. The van der Waals surface area contributed by atoms with E-state index in [0.717, 1.165) is 12.1 Å². The summed E-state index contributed by atoms with van der Waals surface area (Å²) in [6.07, 6.45) is 1.17. The molecule has 3 aromatic rings. The SMILES string of the molecule is CC(C)c1cc(-c2ccccc2S(C)(=O)=O)cc(C(C)C)c1C(C(=O)Nc1ccc(CN(C)C)cc1)S(=O)[O-]. The fourth-order valence-electron chi connectivity index (χ4n) is 4.72. The van der Waals surface area contributed by atoms with Gasteiger partial charge in [-0.15, -0.1) is 0 Å². The number of amides is 1. The second-order valence-electron chi connectivity index (χ2n) is 10.7. The maximum absolute atomic E-state index is 13.5. The van der Waals surface area contributed by atoms with E-state index in [1.54, 1.807) is 36.4 Å². The third-order valence-corrected chi connectivity index (χ3v) is 8.49. The Morgan fingerprint density at radius 3 is 1.95 bits per heavy atom. The number of hydrogen-bond acceptors (Lipinski definition) is 6. The van der Waals surface area contributed by atoms with Crippen molar-refractivity contribution < 1.29 is 22.0 Å². The van der Waals surface area contributed by atoms with Crippen LogP contribution in [0.5, 0.6) is 0 Å². The number of carbonyl (C=O) groups is 1. The lowest BCUT2D eigenvalue weighted by molar-refractivity contribution is -0.116. The van der Waals surface area contributed by atoms with Crippen LogP contribution in [0.3, 0.4) is 0 Å². The minimum atomic E-state index is -3.51. The molecule has 1 N–H and O–H groups in total. The predicted octanol–water partition coefficient (Wildman–Crippen LogP) is 5.62. The highest BCUT2D eigenvalue weighted by Gasteiger charge is 2.30. The summed E-state index contributed by atoms with van der Waals surface area (Å²) in [5, 5.41) is 1.34. The molecule has 0 aromatic heterocycles. The van der Waals surface area contributed by atoms with E-state index in [-0.39, 0.29) is 16.7 Å². The van der Waals surface area contributed by atoms with Crippen LogP contribution in [0.4, 0.5) is 5.69 Å². The Bertz CT molecular complexity index is 1430. The lowest BCUT2D eigenvalue weighted by atomic mass is 9.83. The molecular formula is C30H37N2O5S2-. The molecule has 39 heavy (non-hydrogen) atoms.